The number of ether oxygens (including phenoxy) is 3. The summed E-state index contributed by atoms with van der Waals surface area (Å²) in [4.78, 5) is 28.1. The maximum absolute atomic E-state index is 13.9. The number of benzene rings is 2. The van der Waals surface area contributed by atoms with E-state index in [1.165, 1.54) is 13.2 Å². The van der Waals surface area contributed by atoms with Gasteiger partial charge in [0.1, 0.15) is 17.3 Å². The van der Waals surface area contributed by atoms with Crippen LogP contribution in [-0.2, 0) is 20.7 Å². The molecular weight excluding hydrogens is 391 g/mol. The van der Waals surface area contributed by atoms with Gasteiger partial charge >= 0.3 is 5.97 Å². The van der Waals surface area contributed by atoms with Crippen molar-refractivity contribution in [2.45, 2.75) is 6.42 Å². The number of esters is 1. The predicted octanol–water partition coefficient (Wildman–Crippen LogP) is 2.28. The molecule has 8 heteroatoms. The van der Waals surface area contributed by atoms with Gasteiger partial charge < -0.3 is 24.0 Å². The van der Waals surface area contributed by atoms with Crippen LogP contribution in [0.3, 0.4) is 0 Å². The Kier molecular flexibility index (Phi) is 7.11. The van der Waals surface area contributed by atoms with Crippen molar-refractivity contribution in [1.82, 2.24) is 4.90 Å². The van der Waals surface area contributed by atoms with E-state index in [-0.39, 0.29) is 24.8 Å². The molecule has 1 amide bonds. The van der Waals surface area contributed by atoms with E-state index in [0.717, 1.165) is 0 Å². The van der Waals surface area contributed by atoms with Crippen LogP contribution < -0.4 is 14.4 Å². The summed E-state index contributed by atoms with van der Waals surface area (Å²) in [7, 11) is 3.05. The Hall–Kier alpha value is -3.29. The van der Waals surface area contributed by atoms with Crippen molar-refractivity contribution >= 4 is 17.6 Å². The van der Waals surface area contributed by atoms with E-state index >= 15 is 0 Å². The van der Waals surface area contributed by atoms with Crippen LogP contribution in [0.4, 0.5) is 10.1 Å². The van der Waals surface area contributed by atoms with Crippen LogP contribution in [0.5, 0.6) is 11.5 Å². The first-order valence-corrected chi connectivity index (χ1v) is 9.65. The summed E-state index contributed by atoms with van der Waals surface area (Å²) in [6, 6.07) is 11.7. The SMILES string of the molecule is COc1ccc(CC(=O)OCC(=O)N2CCN(c3ccccc3F)CC2)c(OC)c1. The van der Waals surface area contributed by atoms with Crippen LogP contribution in [0.25, 0.3) is 0 Å². The molecule has 1 aliphatic rings. The van der Waals surface area contributed by atoms with Crippen LogP contribution in [0, 0.1) is 5.82 Å². The van der Waals surface area contributed by atoms with Gasteiger partial charge in [0.15, 0.2) is 6.61 Å². The van der Waals surface area contributed by atoms with E-state index in [0.29, 0.717) is 48.9 Å². The summed E-state index contributed by atoms with van der Waals surface area (Å²) in [6.07, 6.45) is -0.0124. The number of hydrogen-bond donors (Lipinski definition) is 0. The lowest BCUT2D eigenvalue weighted by molar-refractivity contribution is -0.151. The number of nitrogens with zero attached hydrogens (tertiary/aromatic N) is 2. The topological polar surface area (TPSA) is 68.3 Å². The van der Waals surface area contributed by atoms with Crippen LogP contribution in [-0.4, -0.2) is 63.8 Å². The van der Waals surface area contributed by atoms with Gasteiger partial charge in [-0.1, -0.05) is 18.2 Å². The highest BCUT2D eigenvalue weighted by atomic mass is 19.1. The quantitative estimate of drug-likeness (QED) is 0.645. The smallest absolute Gasteiger partial charge is 0.310 e. The number of anilines is 1. The Morgan fingerprint density at radius 2 is 1.73 bits per heavy atom. The molecule has 0 bridgehead atoms. The van der Waals surface area contributed by atoms with Gasteiger partial charge in [-0.05, 0) is 18.2 Å². The van der Waals surface area contributed by atoms with Crippen molar-refractivity contribution in [3.8, 4) is 11.5 Å². The molecule has 30 heavy (non-hydrogen) atoms. The van der Waals surface area contributed by atoms with Crippen LogP contribution in [0.1, 0.15) is 5.56 Å². The Bertz CT molecular complexity index is 897. The molecule has 0 saturated carbocycles. The monoisotopic (exact) mass is 416 g/mol. The lowest BCUT2D eigenvalue weighted by Crippen LogP contribution is -2.50. The molecule has 0 aliphatic carbocycles. The second-order valence-corrected chi connectivity index (χ2v) is 6.83. The molecular formula is C22H25FN2O5. The Balaban J connectivity index is 1.47. The van der Waals surface area contributed by atoms with Crippen LogP contribution in [0.2, 0.25) is 0 Å². The highest BCUT2D eigenvalue weighted by Gasteiger charge is 2.23. The molecule has 7 nitrogen and oxygen atoms in total. The molecule has 0 N–H and O–H groups in total. The van der Waals surface area contributed by atoms with E-state index in [4.69, 9.17) is 14.2 Å². The number of hydrogen-bond acceptors (Lipinski definition) is 6. The molecule has 0 atom stereocenters. The molecule has 2 aromatic carbocycles. The zero-order chi connectivity index (χ0) is 21.5. The lowest BCUT2D eigenvalue weighted by Gasteiger charge is -2.36. The van der Waals surface area contributed by atoms with E-state index in [2.05, 4.69) is 0 Å². The average molecular weight is 416 g/mol. The number of rotatable bonds is 7. The minimum atomic E-state index is -0.517. The number of halogens is 1. The normalized spacial score (nSPS) is 13.7. The second-order valence-electron chi connectivity index (χ2n) is 6.83. The molecule has 3 rings (SSSR count). The molecule has 1 fully saturated rings. The Morgan fingerprint density at radius 3 is 2.40 bits per heavy atom. The molecule has 2 aromatic rings. The van der Waals surface area contributed by atoms with E-state index < -0.39 is 5.97 Å². The summed E-state index contributed by atoms with van der Waals surface area (Å²) in [5.41, 5.74) is 1.18. The number of methoxy groups -OCH3 is 2. The van der Waals surface area contributed by atoms with Crippen LogP contribution in [0.15, 0.2) is 42.5 Å². The van der Waals surface area contributed by atoms with Gasteiger partial charge in [0.25, 0.3) is 5.91 Å². The van der Waals surface area contributed by atoms with E-state index in [1.54, 1.807) is 48.4 Å². The number of carbonyl (C=O) groups excluding carboxylic acids is 2. The number of para-hydroxylation sites is 1. The number of piperazine rings is 1. The first kappa shape index (κ1) is 21.4. The summed E-state index contributed by atoms with van der Waals surface area (Å²) < 4.78 is 29.5. The fraction of sp³-hybridized carbons (Fsp3) is 0.364. The van der Waals surface area contributed by atoms with Gasteiger partial charge in [0, 0.05) is 37.8 Å². The van der Waals surface area contributed by atoms with Gasteiger partial charge in [0.2, 0.25) is 0 Å². The minimum Gasteiger partial charge on any atom is -0.497 e. The van der Waals surface area contributed by atoms with Crippen molar-refractivity contribution in [2.24, 2.45) is 0 Å². The van der Waals surface area contributed by atoms with Crippen molar-refractivity contribution < 1.29 is 28.2 Å². The first-order valence-electron chi connectivity index (χ1n) is 9.65. The standard InChI is InChI=1S/C22H25FN2O5/c1-28-17-8-7-16(20(14-17)29-2)13-22(27)30-15-21(26)25-11-9-24(10-12-25)19-6-4-3-5-18(19)23/h3-8,14H,9-13,15H2,1-2H3. The maximum Gasteiger partial charge on any atom is 0.310 e. The Labute approximate surface area is 174 Å². The van der Waals surface area contributed by atoms with E-state index in [9.17, 15) is 14.0 Å². The molecule has 0 aromatic heterocycles. The third-order valence-corrected chi connectivity index (χ3v) is 5.01. The highest BCUT2D eigenvalue weighted by Crippen LogP contribution is 2.25. The fourth-order valence-corrected chi connectivity index (χ4v) is 3.34. The first-order chi connectivity index (χ1) is 14.5. The molecule has 0 unspecified atom stereocenters. The van der Waals surface area contributed by atoms with Gasteiger partial charge in [-0.2, -0.15) is 0 Å². The van der Waals surface area contributed by atoms with Crippen molar-refractivity contribution in [2.75, 3.05) is 51.9 Å². The molecule has 1 aliphatic heterocycles. The number of amides is 1. The summed E-state index contributed by atoms with van der Waals surface area (Å²) in [6.45, 7) is 1.60. The fourth-order valence-electron chi connectivity index (χ4n) is 3.34. The summed E-state index contributed by atoms with van der Waals surface area (Å²) in [5.74, 6) is 0.0748. The largest absolute Gasteiger partial charge is 0.497 e. The Morgan fingerprint density at radius 1 is 1.00 bits per heavy atom. The van der Waals surface area contributed by atoms with Gasteiger partial charge in [0.05, 0.1) is 26.3 Å². The summed E-state index contributed by atoms with van der Waals surface area (Å²) in [5, 5.41) is 0. The van der Waals surface area contributed by atoms with Crippen molar-refractivity contribution in [1.29, 1.82) is 0 Å². The molecule has 1 heterocycles. The third kappa shape index (κ3) is 5.20. The van der Waals surface area contributed by atoms with Gasteiger partial charge in [-0.3, -0.25) is 9.59 Å². The molecule has 1 saturated heterocycles. The minimum absolute atomic E-state index is 0.0124. The highest BCUT2D eigenvalue weighted by molar-refractivity contribution is 5.82. The average Bonchev–Trinajstić information content (AvgIpc) is 2.78. The molecule has 0 spiro atoms. The molecule has 160 valence electrons. The zero-order valence-electron chi connectivity index (χ0n) is 17.1. The zero-order valence-corrected chi connectivity index (χ0v) is 17.1. The lowest BCUT2D eigenvalue weighted by atomic mass is 10.1. The van der Waals surface area contributed by atoms with Crippen molar-refractivity contribution in [3.05, 3.63) is 53.8 Å². The van der Waals surface area contributed by atoms with Gasteiger partial charge in [-0.25, -0.2) is 4.39 Å². The van der Waals surface area contributed by atoms with E-state index in [1.807, 2.05) is 4.90 Å². The number of carbonyl (C=O) groups is 2. The van der Waals surface area contributed by atoms with Gasteiger partial charge in [-0.15, -0.1) is 0 Å². The van der Waals surface area contributed by atoms with Crippen molar-refractivity contribution in [3.63, 3.8) is 0 Å². The summed E-state index contributed by atoms with van der Waals surface area (Å²) >= 11 is 0. The third-order valence-electron chi connectivity index (χ3n) is 5.01. The molecule has 0 radical (unpaired) electrons. The predicted molar refractivity (Wildman–Crippen MR) is 109 cm³/mol. The second kappa shape index (κ2) is 9.96. The van der Waals surface area contributed by atoms with Crippen LogP contribution >= 0.6 is 0 Å². The maximum atomic E-state index is 13.9.